The first-order chi connectivity index (χ1) is 9.33. The third-order valence-electron chi connectivity index (χ3n) is 3.22. The van der Waals surface area contributed by atoms with E-state index in [-0.39, 0.29) is 6.04 Å². The lowest BCUT2D eigenvalue weighted by molar-refractivity contribution is 0.191. The summed E-state index contributed by atoms with van der Waals surface area (Å²) in [7, 11) is 1.73. The number of aryl methyl sites for hydroxylation is 1. The minimum absolute atomic E-state index is 0.119. The molecule has 0 amide bonds. The van der Waals surface area contributed by atoms with Crippen LogP contribution in [0.5, 0.6) is 0 Å². The minimum Gasteiger partial charge on any atom is -0.385 e. The molecule has 0 saturated heterocycles. The molecule has 1 aromatic carbocycles. The molecule has 1 atom stereocenters. The molecule has 0 bridgehead atoms. The number of rotatable bonds is 7. The lowest BCUT2D eigenvalue weighted by atomic mass is 10.1. The summed E-state index contributed by atoms with van der Waals surface area (Å²) in [6.45, 7) is 1.73. The Bertz CT molecular complexity index is 481. The van der Waals surface area contributed by atoms with Gasteiger partial charge in [0.15, 0.2) is 0 Å². The molecule has 2 N–H and O–H groups in total. The van der Waals surface area contributed by atoms with E-state index in [0.717, 1.165) is 37.3 Å². The maximum atomic E-state index is 6.31. The van der Waals surface area contributed by atoms with Crippen LogP contribution in [0.1, 0.15) is 30.1 Å². The highest BCUT2D eigenvalue weighted by Gasteiger charge is 2.13. The highest BCUT2D eigenvalue weighted by atomic mass is 16.5. The predicted octanol–water partition coefficient (Wildman–Crippen LogP) is 2.36. The van der Waals surface area contributed by atoms with Crippen LogP contribution in [-0.2, 0) is 11.3 Å². The van der Waals surface area contributed by atoms with Gasteiger partial charge in [-0.15, -0.1) is 0 Å². The van der Waals surface area contributed by atoms with E-state index in [1.54, 1.807) is 7.11 Å². The van der Waals surface area contributed by atoms with Crippen molar-refractivity contribution in [2.45, 2.75) is 25.4 Å². The van der Waals surface area contributed by atoms with Gasteiger partial charge in [0, 0.05) is 20.3 Å². The summed E-state index contributed by atoms with van der Waals surface area (Å²) >= 11 is 0. The molecule has 0 fully saturated rings. The van der Waals surface area contributed by atoms with Crippen molar-refractivity contribution in [3.8, 4) is 0 Å². The van der Waals surface area contributed by atoms with Crippen LogP contribution in [0, 0.1) is 0 Å². The van der Waals surface area contributed by atoms with Crippen LogP contribution >= 0.6 is 0 Å². The van der Waals surface area contributed by atoms with Crippen molar-refractivity contribution in [1.82, 2.24) is 9.55 Å². The Labute approximate surface area is 114 Å². The fourth-order valence-electron chi connectivity index (χ4n) is 2.14. The molecule has 0 saturated carbocycles. The number of unbranched alkanes of at least 4 members (excludes halogenated alkanes) is 1. The number of aromatic nitrogens is 2. The second kappa shape index (κ2) is 7.07. The third kappa shape index (κ3) is 3.66. The molecule has 1 heterocycles. The lowest BCUT2D eigenvalue weighted by Crippen LogP contribution is -2.16. The van der Waals surface area contributed by atoms with Crippen molar-refractivity contribution in [3.63, 3.8) is 0 Å². The van der Waals surface area contributed by atoms with Crippen LogP contribution in [0.2, 0.25) is 0 Å². The normalized spacial score (nSPS) is 12.5. The smallest absolute Gasteiger partial charge is 0.0948 e. The van der Waals surface area contributed by atoms with Gasteiger partial charge >= 0.3 is 0 Å². The van der Waals surface area contributed by atoms with Crippen molar-refractivity contribution in [1.29, 1.82) is 0 Å². The van der Waals surface area contributed by atoms with Crippen molar-refractivity contribution >= 4 is 0 Å². The Morgan fingerprint density at radius 1 is 1.26 bits per heavy atom. The molecular weight excluding hydrogens is 238 g/mol. The van der Waals surface area contributed by atoms with Gasteiger partial charge in [0.05, 0.1) is 24.3 Å². The van der Waals surface area contributed by atoms with E-state index in [2.05, 4.69) is 9.55 Å². The average molecular weight is 259 g/mol. The standard InChI is InChI=1S/C15H21N3O/c1-19-10-6-5-9-18-12-17-11-14(18)15(16)13-7-3-2-4-8-13/h2-4,7-8,11-12,15H,5-6,9-10,16H2,1H3. The Balaban J connectivity index is 2.02. The molecule has 0 radical (unpaired) electrons. The summed E-state index contributed by atoms with van der Waals surface area (Å²) in [4.78, 5) is 4.22. The summed E-state index contributed by atoms with van der Waals surface area (Å²) in [5.74, 6) is 0. The van der Waals surface area contributed by atoms with Crippen LogP contribution in [0.3, 0.4) is 0 Å². The quantitative estimate of drug-likeness (QED) is 0.777. The van der Waals surface area contributed by atoms with Crippen LogP contribution in [0.15, 0.2) is 42.9 Å². The molecule has 2 rings (SSSR count). The summed E-state index contributed by atoms with van der Waals surface area (Å²) in [6, 6.07) is 9.99. The van der Waals surface area contributed by atoms with E-state index in [4.69, 9.17) is 10.5 Å². The molecule has 19 heavy (non-hydrogen) atoms. The van der Waals surface area contributed by atoms with E-state index in [1.165, 1.54) is 0 Å². The predicted molar refractivity (Wildman–Crippen MR) is 75.8 cm³/mol. The van der Waals surface area contributed by atoms with Crippen LogP contribution in [0.25, 0.3) is 0 Å². The van der Waals surface area contributed by atoms with Crippen molar-refractivity contribution in [3.05, 3.63) is 54.1 Å². The van der Waals surface area contributed by atoms with Crippen molar-refractivity contribution in [2.24, 2.45) is 5.73 Å². The van der Waals surface area contributed by atoms with Gasteiger partial charge in [0.1, 0.15) is 0 Å². The minimum atomic E-state index is -0.119. The van der Waals surface area contributed by atoms with Crippen LogP contribution in [-0.4, -0.2) is 23.3 Å². The van der Waals surface area contributed by atoms with Gasteiger partial charge in [-0.1, -0.05) is 30.3 Å². The topological polar surface area (TPSA) is 53.1 Å². The molecule has 2 aromatic rings. The number of hydrogen-bond donors (Lipinski definition) is 1. The first kappa shape index (κ1) is 13.8. The van der Waals surface area contributed by atoms with E-state index in [9.17, 15) is 0 Å². The van der Waals surface area contributed by atoms with Gasteiger partial charge in [-0.2, -0.15) is 0 Å². The summed E-state index contributed by atoms with van der Waals surface area (Å²) < 4.78 is 7.19. The maximum absolute atomic E-state index is 6.31. The number of nitrogens with two attached hydrogens (primary N) is 1. The molecule has 1 aromatic heterocycles. The second-order valence-corrected chi connectivity index (χ2v) is 4.60. The summed E-state index contributed by atoms with van der Waals surface area (Å²) in [6.07, 6.45) is 5.83. The summed E-state index contributed by atoms with van der Waals surface area (Å²) in [5, 5.41) is 0. The lowest BCUT2D eigenvalue weighted by Gasteiger charge is -2.15. The zero-order valence-corrected chi connectivity index (χ0v) is 11.3. The Hall–Kier alpha value is -1.65. The Morgan fingerprint density at radius 2 is 2.05 bits per heavy atom. The monoisotopic (exact) mass is 259 g/mol. The molecule has 0 aliphatic rings. The van der Waals surface area contributed by atoms with Crippen LogP contribution < -0.4 is 5.73 Å². The molecule has 4 nitrogen and oxygen atoms in total. The number of imidazole rings is 1. The van der Waals surface area contributed by atoms with E-state index in [1.807, 2.05) is 42.9 Å². The van der Waals surface area contributed by atoms with Gasteiger partial charge in [-0.25, -0.2) is 4.98 Å². The first-order valence-electron chi connectivity index (χ1n) is 6.62. The maximum Gasteiger partial charge on any atom is 0.0948 e. The molecular formula is C15H21N3O. The Morgan fingerprint density at radius 3 is 2.79 bits per heavy atom. The number of nitrogens with zero attached hydrogens (tertiary/aromatic N) is 2. The first-order valence-corrected chi connectivity index (χ1v) is 6.62. The van der Waals surface area contributed by atoms with E-state index < -0.39 is 0 Å². The van der Waals surface area contributed by atoms with Crippen LogP contribution in [0.4, 0.5) is 0 Å². The third-order valence-corrected chi connectivity index (χ3v) is 3.22. The average Bonchev–Trinajstić information content (AvgIpc) is 2.92. The molecule has 0 aliphatic carbocycles. The Kier molecular flexibility index (Phi) is 5.12. The second-order valence-electron chi connectivity index (χ2n) is 4.60. The molecule has 102 valence electrons. The molecule has 0 spiro atoms. The van der Waals surface area contributed by atoms with Crippen molar-refractivity contribution in [2.75, 3.05) is 13.7 Å². The highest BCUT2D eigenvalue weighted by molar-refractivity contribution is 5.26. The SMILES string of the molecule is COCCCCn1cncc1C(N)c1ccccc1. The summed E-state index contributed by atoms with van der Waals surface area (Å²) in [5.41, 5.74) is 8.48. The van der Waals surface area contributed by atoms with Gasteiger partial charge in [0.25, 0.3) is 0 Å². The number of hydrogen-bond acceptors (Lipinski definition) is 3. The van der Waals surface area contributed by atoms with Gasteiger partial charge in [0.2, 0.25) is 0 Å². The van der Waals surface area contributed by atoms with E-state index in [0.29, 0.717) is 0 Å². The highest BCUT2D eigenvalue weighted by Crippen LogP contribution is 2.19. The van der Waals surface area contributed by atoms with Gasteiger partial charge in [-0.3, -0.25) is 0 Å². The molecule has 0 aliphatic heterocycles. The van der Waals surface area contributed by atoms with E-state index >= 15 is 0 Å². The van der Waals surface area contributed by atoms with Gasteiger partial charge < -0.3 is 15.0 Å². The number of methoxy groups -OCH3 is 1. The fraction of sp³-hybridized carbons (Fsp3) is 0.400. The fourth-order valence-corrected chi connectivity index (χ4v) is 2.14. The number of ether oxygens (including phenoxy) is 1. The number of benzene rings is 1. The zero-order valence-electron chi connectivity index (χ0n) is 11.3. The molecule has 4 heteroatoms. The zero-order chi connectivity index (χ0) is 13.5. The van der Waals surface area contributed by atoms with Gasteiger partial charge in [-0.05, 0) is 18.4 Å². The largest absolute Gasteiger partial charge is 0.385 e. The van der Waals surface area contributed by atoms with Crippen molar-refractivity contribution < 1.29 is 4.74 Å². The molecule has 1 unspecified atom stereocenters.